The van der Waals surface area contributed by atoms with Gasteiger partial charge in [-0.25, -0.2) is 4.39 Å². The maximum atomic E-state index is 14.3. The highest BCUT2D eigenvalue weighted by atomic mass is 19.1. The van der Waals surface area contributed by atoms with Crippen molar-refractivity contribution in [2.75, 3.05) is 11.4 Å². The molecular formula is C21H18FN3O3. The highest BCUT2D eigenvalue weighted by Crippen LogP contribution is 2.52. The van der Waals surface area contributed by atoms with Gasteiger partial charge in [-0.05, 0) is 29.8 Å². The second-order valence-electron chi connectivity index (χ2n) is 7.35. The zero-order valence-corrected chi connectivity index (χ0v) is 14.9. The molecule has 1 N–H and O–H groups in total. The van der Waals surface area contributed by atoms with Crippen molar-refractivity contribution in [2.24, 2.45) is 11.8 Å². The van der Waals surface area contributed by atoms with Gasteiger partial charge in [0.25, 0.3) is 0 Å². The first-order chi connectivity index (χ1) is 13.6. The molecule has 7 heteroatoms. The van der Waals surface area contributed by atoms with Gasteiger partial charge in [-0.1, -0.05) is 24.3 Å². The molecule has 142 valence electrons. The molecule has 28 heavy (non-hydrogen) atoms. The first-order valence-electron chi connectivity index (χ1n) is 9.19. The lowest BCUT2D eigenvalue weighted by atomic mass is 9.77. The molecule has 0 unspecified atom stereocenters. The van der Waals surface area contributed by atoms with Crippen LogP contribution in [0.1, 0.15) is 5.56 Å². The summed E-state index contributed by atoms with van der Waals surface area (Å²) in [5, 5.41) is 2.90. The van der Waals surface area contributed by atoms with E-state index in [-0.39, 0.29) is 24.0 Å². The molecule has 2 saturated heterocycles. The Bertz CT molecular complexity index is 980. The van der Waals surface area contributed by atoms with Gasteiger partial charge in [0, 0.05) is 18.9 Å². The van der Waals surface area contributed by atoms with Gasteiger partial charge < -0.3 is 15.0 Å². The fraction of sp³-hybridized carbons (Fsp3) is 0.286. The van der Waals surface area contributed by atoms with E-state index < -0.39 is 29.4 Å². The number of nitrogens with zero attached hydrogens (tertiary/aromatic N) is 2. The van der Waals surface area contributed by atoms with Crippen LogP contribution >= 0.6 is 0 Å². The van der Waals surface area contributed by atoms with E-state index in [1.165, 1.54) is 11.0 Å². The monoisotopic (exact) mass is 379 g/mol. The fourth-order valence-electron chi connectivity index (χ4n) is 4.48. The van der Waals surface area contributed by atoms with Gasteiger partial charge in [0.1, 0.15) is 11.4 Å². The average molecular weight is 379 g/mol. The number of benzene rings is 1. The van der Waals surface area contributed by atoms with Crippen molar-refractivity contribution in [3.05, 3.63) is 72.3 Å². The summed E-state index contributed by atoms with van der Waals surface area (Å²) in [7, 11) is 0. The third-order valence-electron chi connectivity index (χ3n) is 5.76. The van der Waals surface area contributed by atoms with Crippen LogP contribution in [0.5, 0.6) is 0 Å². The first-order valence-corrected chi connectivity index (χ1v) is 9.19. The Morgan fingerprint density at radius 2 is 2.07 bits per heavy atom. The van der Waals surface area contributed by atoms with Crippen LogP contribution in [0.4, 0.5) is 10.1 Å². The number of nitrogens with one attached hydrogen (secondary N) is 1. The molecular weight excluding hydrogens is 361 g/mol. The smallest absolute Gasteiger partial charge is 0.234 e. The van der Waals surface area contributed by atoms with Crippen LogP contribution < -0.4 is 10.2 Å². The van der Waals surface area contributed by atoms with Gasteiger partial charge in [0.2, 0.25) is 11.8 Å². The van der Waals surface area contributed by atoms with Gasteiger partial charge in [-0.15, -0.1) is 0 Å². The molecule has 6 nitrogen and oxygen atoms in total. The number of carbonyl (C=O) groups excluding carboxylic acids is 2. The van der Waals surface area contributed by atoms with Crippen molar-refractivity contribution in [2.45, 2.75) is 18.2 Å². The summed E-state index contributed by atoms with van der Waals surface area (Å²) in [4.78, 5) is 31.4. The third-order valence-corrected chi connectivity index (χ3v) is 5.76. The molecule has 1 spiro atoms. The minimum absolute atomic E-state index is 0.207. The first kappa shape index (κ1) is 17.1. The Balaban J connectivity index is 1.40. The standard InChI is InChI=1S/C21H18FN3O3/c22-14-3-1-2-4-15(14)25-12-21-8-5-16(28-21)17(18(21)20(25)27)19(26)24-11-13-6-9-23-10-7-13/h1-10,16-18H,11-12H2,(H,24,26)/t16-,17+,18-,21+/m1/s1. The van der Waals surface area contributed by atoms with E-state index in [1.807, 2.05) is 24.3 Å². The number of rotatable bonds is 4. The predicted octanol–water partition coefficient (Wildman–Crippen LogP) is 1.82. The van der Waals surface area contributed by atoms with Crippen molar-refractivity contribution < 1.29 is 18.7 Å². The molecule has 2 fully saturated rings. The molecule has 2 bridgehead atoms. The number of pyridine rings is 1. The molecule has 1 aromatic carbocycles. The fourth-order valence-corrected chi connectivity index (χ4v) is 4.48. The number of fused-ring (bicyclic) bond motifs is 1. The normalized spacial score (nSPS) is 30.0. The summed E-state index contributed by atoms with van der Waals surface area (Å²) < 4.78 is 20.3. The SMILES string of the molecule is O=C(NCc1ccncc1)[C@H]1[C@H]2C=C[C@@]3(CN(c4ccccc4F)C(=O)[C@@H]13)O2. The van der Waals surface area contributed by atoms with Gasteiger partial charge in [-0.3, -0.25) is 14.6 Å². The second-order valence-corrected chi connectivity index (χ2v) is 7.35. The van der Waals surface area contributed by atoms with E-state index in [4.69, 9.17) is 4.74 Å². The lowest BCUT2D eigenvalue weighted by Crippen LogP contribution is -2.44. The molecule has 2 amide bonds. The third kappa shape index (κ3) is 2.46. The van der Waals surface area contributed by atoms with Crippen molar-refractivity contribution in [1.82, 2.24) is 10.3 Å². The Morgan fingerprint density at radius 3 is 2.86 bits per heavy atom. The molecule has 5 rings (SSSR count). The highest BCUT2D eigenvalue weighted by Gasteiger charge is 2.67. The average Bonchev–Trinajstić information content (AvgIpc) is 3.36. The highest BCUT2D eigenvalue weighted by molar-refractivity contribution is 6.03. The number of hydrogen-bond donors (Lipinski definition) is 1. The predicted molar refractivity (Wildman–Crippen MR) is 98.6 cm³/mol. The van der Waals surface area contributed by atoms with E-state index in [1.54, 1.807) is 30.6 Å². The number of ether oxygens (including phenoxy) is 1. The maximum absolute atomic E-state index is 14.3. The molecule has 1 aromatic heterocycles. The largest absolute Gasteiger partial charge is 0.360 e. The van der Waals surface area contributed by atoms with E-state index in [0.29, 0.717) is 6.54 Å². The van der Waals surface area contributed by atoms with Crippen molar-refractivity contribution in [3.8, 4) is 0 Å². The quantitative estimate of drug-likeness (QED) is 0.823. The van der Waals surface area contributed by atoms with E-state index >= 15 is 0 Å². The summed E-state index contributed by atoms with van der Waals surface area (Å²) >= 11 is 0. The van der Waals surface area contributed by atoms with Gasteiger partial charge >= 0.3 is 0 Å². The number of para-hydroxylation sites is 1. The number of amides is 2. The summed E-state index contributed by atoms with van der Waals surface area (Å²) in [6.07, 6.45) is 6.58. The Labute approximate surface area is 161 Å². The summed E-state index contributed by atoms with van der Waals surface area (Å²) in [5.74, 6) is -2.26. The van der Waals surface area contributed by atoms with E-state index in [2.05, 4.69) is 10.3 Å². The number of anilines is 1. The van der Waals surface area contributed by atoms with E-state index in [0.717, 1.165) is 5.56 Å². The van der Waals surface area contributed by atoms with Crippen LogP contribution in [0.3, 0.4) is 0 Å². The molecule has 0 aliphatic carbocycles. The minimum Gasteiger partial charge on any atom is -0.360 e. The van der Waals surface area contributed by atoms with Crippen molar-refractivity contribution >= 4 is 17.5 Å². The zero-order chi connectivity index (χ0) is 19.3. The van der Waals surface area contributed by atoms with Crippen LogP contribution in [0.2, 0.25) is 0 Å². The maximum Gasteiger partial charge on any atom is 0.234 e. The van der Waals surface area contributed by atoms with Crippen molar-refractivity contribution in [1.29, 1.82) is 0 Å². The molecule has 3 aliphatic heterocycles. The number of carbonyl (C=O) groups is 2. The molecule has 2 aromatic rings. The lowest BCUT2D eigenvalue weighted by Gasteiger charge is -2.23. The van der Waals surface area contributed by atoms with Gasteiger partial charge in [-0.2, -0.15) is 0 Å². The van der Waals surface area contributed by atoms with Crippen molar-refractivity contribution in [3.63, 3.8) is 0 Å². The van der Waals surface area contributed by atoms with Gasteiger partial charge in [0.15, 0.2) is 0 Å². The Kier molecular flexibility index (Phi) is 3.80. The molecule has 3 aliphatic rings. The Hall–Kier alpha value is -3.06. The minimum atomic E-state index is -0.872. The van der Waals surface area contributed by atoms with Crippen LogP contribution in [0.15, 0.2) is 60.9 Å². The summed E-state index contributed by atoms with van der Waals surface area (Å²) in [6, 6.07) is 9.79. The van der Waals surface area contributed by atoms with Crippen LogP contribution in [-0.2, 0) is 20.9 Å². The number of aromatic nitrogens is 1. The molecule has 4 atom stereocenters. The van der Waals surface area contributed by atoms with Crippen LogP contribution in [0.25, 0.3) is 0 Å². The van der Waals surface area contributed by atoms with Crippen LogP contribution in [-0.4, -0.2) is 35.0 Å². The topological polar surface area (TPSA) is 71.5 Å². The number of hydrogen-bond acceptors (Lipinski definition) is 4. The molecule has 0 saturated carbocycles. The Morgan fingerprint density at radius 1 is 1.29 bits per heavy atom. The molecule has 0 radical (unpaired) electrons. The second kappa shape index (κ2) is 6.24. The van der Waals surface area contributed by atoms with Crippen LogP contribution in [0, 0.1) is 17.7 Å². The number of halogens is 1. The lowest BCUT2D eigenvalue weighted by molar-refractivity contribution is -0.132. The summed E-state index contributed by atoms with van der Waals surface area (Å²) in [5.41, 5.74) is 0.263. The summed E-state index contributed by atoms with van der Waals surface area (Å²) in [6.45, 7) is 0.553. The molecule has 4 heterocycles. The van der Waals surface area contributed by atoms with Gasteiger partial charge in [0.05, 0.1) is 30.2 Å². The van der Waals surface area contributed by atoms with E-state index in [9.17, 15) is 14.0 Å². The zero-order valence-electron chi connectivity index (χ0n) is 14.9.